The van der Waals surface area contributed by atoms with Crippen LogP contribution in [-0.4, -0.2) is 10.9 Å². The average molecular weight is 344 g/mol. The van der Waals surface area contributed by atoms with Gasteiger partial charge in [0, 0.05) is 12.1 Å². The van der Waals surface area contributed by atoms with E-state index >= 15 is 0 Å². The van der Waals surface area contributed by atoms with Gasteiger partial charge in [-0.15, -0.1) is 11.3 Å². The number of amides is 1. The molecule has 24 heavy (non-hydrogen) atoms. The Balaban J connectivity index is 1.73. The summed E-state index contributed by atoms with van der Waals surface area (Å²) in [6.45, 7) is 2.07. The van der Waals surface area contributed by atoms with Crippen LogP contribution in [0.3, 0.4) is 0 Å². The van der Waals surface area contributed by atoms with E-state index in [0.29, 0.717) is 22.1 Å². The van der Waals surface area contributed by atoms with Crippen molar-refractivity contribution in [3.05, 3.63) is 76.3 Å². The van der Waals surface area contributed by atoms with Crippen LogP contribution < -0.4 is 5.32 Å². The number of rotatable bonds is 4. The number of nitrogens with one attached hydrogen (secondary N) is 1. The fourth-order valence-electron chi connectivity index (χ4n) is 2.19. The third kappa shape index (κ3) is 3.65. The third-order valence-corrected chi connectivity index (χ3v) is 4.67. The molecule has 0 aliphatic rings. The van der Waals surface area contributed by atoms with Gasteiger partial charge in [-0.1, -0.05) is 12.1 Å². The first-order valence-electron chi connectivity index (χ1n) is 7.29. The second kappa shape index (κ2) is 6.88. The Bertz CT molecular complexity index is 858. The largest absolute Gasteiger partial charge is 0.347 e. The van der Waals surface area contributed by atoms with E-state index in [-0.39, 0.29) is 17.5 Å². The molecular formula is C18H14F2N2OS. The molecule has 3 nitrogen and oxygen atoms in total. The summed E-state index contributed by atoms with van der Waals surface area (Å²) in [4.78, 5) is 17.2. The van der Waals surface area contributed by atoms with Crippen LogP contribution in [0, 0.1) is 18.6 Å². The molecule has 0 fully saturated rings. The highest BCUT2D eigenvalue weighted by molar-refractivity contribution is 7.17. The molecule has 6 heteroatoms. The van der Waals surface area contributed by atoms with Crippen molar-refractivity contribution in [2.75, 3.05) is 0 Å². The Morgan fingerprint density at radius 2 is 1.62 bits per heavy atom. The predicted octanol–water partition coefficient (Wildman–Crippen LogP) is 4.33. The summed E-state index contributed by atoms with van der Waals surface area (Å²) in [5, 5.41) is 3.46. The van der Waals surface area contributed by atoms with Crippen molar-refractivity contribution < 1.29 is 13.6 Å². The highest BCUT2D eigenvalue weighted by Gasteiger charge is 2.16. The van der Waals surface area contributed by atoms with Gasteiger partial charge in [-0.3, -0.25) is 4.79 Å². The molecule has 0 atom stereocenters. The number of benzene rings is 2. The molecular weight excluding hydrogens is 330 g/mol. The van der Waals surface area contributed by atoms with Gasteiger partial charge in [-0.2, -0.15) is 0 Å². The molecule has 1 aromatic heterocycles. The average Bonchev–Trinajstić information content (AvgIpc) is 2.96. The minimum Gasteiger partial charge on any atom is -0.347 e. The minimum absolute atomic E-state index is 0.234. The maximum absolute atomic E-state index is 13.0. The normalized spacial score (nSPS) is 10.6. The summed E-state index contributed by atoms with van der Waals surface area (Å²) >= 11 is 1.26. The van der Waals surface area contributed by atoms with Crippen LogP contribution in [0.5, 0.6) is 0 Å². The lowest BCUT2D eigenvalue weighted by Gasteiger charge is -2.04. The van der Waals surface area contributed by atoms with Crippen molar-refractivity contribution in [3.8, 4) is 10.6 Å². The second-order valence-electron chi connectivity index (χ2n) is 5.25. The van der Waals surface area contributed by atoms with E-state index in [1.165, 1.54) is 35.6 Å². The van der Waals surface area contributed by atoms with Crippen LogP contribution >= 0.6 is 11.3 Å². The molecule has 0 unspecified atom stereocenters. The van der Waals surface area contributed by atoms with Crippen LogP contribution in [0.2, 0.25) is 0 Å². The number of thiazole rings is 1. The van der Waals surface area contributed by atoms with Crippen molar-refractivity contribution in [1.82, 2.24) is 10.3 Å². The predicted molar refractivity (Wildman–Crippen MR) is 89.8 cm³/mol. The van der Waals surface area contributed by atoms with Gasteiger partial charge in [0.05, 0.1) is 5.69 Å². The zero-order chi connectivity index (χ0) is 17.1. The highest BCUT2D eigenvalue weighted by Crippen LogP contribution is 2.28. The van der Waals surface area contributed by atoms with Gasteiger partial charge in [0.1, 0.15) is 21.5 Å². The maximum Gasteiger partial charge on any atom is 0.263 e. The zero-order valence-electron chi connectivity index (χ0n) is 12.8. The van der Waals surface area contributed by atoms with Crippen LogP contribution in [-0.2, 0) is 6.54 Å². The Morgan fingerprint density at radius 3 is 2.25 bits per heavy atom. The van der Waals surface area contributed by atoms with Crippen LogP contribution in [0.4, 0.5) is 8.78 Å². The van der Waals surface area contributed by atoms with Crippen molar-refractivity contribution in [2.24, 2.45) is 0 Å². The third-order valence-electron chi connectivity index (χ3n) is 3.46. The molecule has 1 amide bonds. The number of halogens is 2. The van der Waals surface area contributed by atoms with E-state index in [0.717, 1.165) is 11.1 Å². The first kappa shape index (κ1) is 16.3. The SMILES string of the molecule is Cc1nc(-c2ccc(F)cc2)sc1C(=O)NCc1ccc(F)cc1. The number of aromatic nitrogens is 1. The van der Waals surface area contributed by atoms with Gasteiger partial charge < -0.3 is 5.32 Å². The van der Waals surface area contributed by atoms with E-state index in [4.69, 9.17) is 0 Å². The summed E-state index contributed by atoms with van der Waals surface area (Å²) in [7, 11) is 0. The summed E-state index contributed by atoms with van der Waals surface area (Å²) in [6.07, 6.45) is 0. The van der Waals surface area contributed by atoms with Crippen LogP contribution in [0.15, 0.2) is 48.5 Å². The molecule has 3 rings (SSSR count). The van der Waals surface area contributed by atoms with E-state index in [9.17, 15) is 13.6 Å². The number of carbonyl (C=O) groups is 1. The molecule has 0 aliphatic carbocycles. The van der Waals surface area contributed by atoms with Crippen molar-refractivity contribution in [3.63, 3.8) is 0 Å². The molecule has 2 aromatic carbocycles. The van der Waals surface area contributed by atoms with E-state index in [1.807, 2.05) is 0 Å². The van der Waals surface area contributed by atoms with Gasteiger partial charge in [0.15, 0.2) is 0 Å². The van der Waals surface area contributed by atoms with Crippen molar-refractivity contribution in [2.45, 2.75) is 13.5 Å². The van der Waals surface area contributed by atoms with E-state index < -0.39 is 0 Å². The number of hydrogen-bond donors (Lipinski definition) is 1. The van der Waals surface area contributed by atoms with Crippen molar-refractivity contribution >= 4 is 17.2 Å². The Hall–Kier alpha value is -2.60. The fraction of sp³-hybridized carbons (Fsp3) is 0.111. The fourth-order valence-corrected chi connectivity index (χ4v) is 3.18. The summed E-state index contributed by atoms with van der Waals surface area (Å²) in [5.74, 6) is -0.862. The molecule has 0 saturated heterocycles. The van der Waals surface area contributed by atoms with Gasteiger partial charge in [-0.05, 0) is 48.9 Å². The smallest absolute Gasteiger partial charge is 0.263 e. The lowest BCUT2D eigenvalue weighted by atomic mass is 10.2. The number of carbonyl (C=O) groups excluding carboxylic acids is 1. The standard InChI is InChI=1S/C18H14F2N2OS/c1-11-16(17(23)21-10-12-2-6-14(19)7-3-12)24-18(22-11)13-4-8-15(20)9-5-13/h2-9H,10H2,1H3,(H,21,23). The second-order valence-corrected chi connectivity index (χ2v) is 6.25. The maximum atomic E-state index is 13.0. The molecule has 0 aliphatic heterocycles. The molecule has 1 heterocycles. The first-order chi connectivity index (χ1) is 11.5. The van der Waals surface area contributed by atoms with Gasteiger partial charge >= 0.3 is 0 Å². The van der Waals surface area contributed by atoms with Crippen LogP contribution in [0.25, 0.3) is 10.6 Å². The Morgan fingerprint density at radius 1 is 1.04 bits per heavy atom. The molecule has 3 aromatic rings. The number of hydrogen-bond acceptors (Lipinski definition) is 3. The lowest BCUT2D eigenvalue weighted by molar-refractivity contribution is 0.0954. The topological polar surface area (TPSA) is 42.0 Å². The summed E-state index contributed by atoms with van der Waals surface area (Å²) < 4.78 is 25.9. The molecule has 0 radical (unpaired) electrons. The monoisotopic (exact) mass is 344 g/mol. The lowest BCUT2D eigenvalue weighted by Crippen LogP contribution is -2.22. The number of nitrogens with zero attached hydrogens (tertiary/aromatic N) is 1. The Labute approximate surface area is 142 Å². The van der Waals surface area contributed by atoms with Gasteiger partial charge in [0.25, 0.3) is 5.91 Å². The summed E-state index contributed by atoms with van der Waals surface area (Å²) in [6, 6.07) is 11.9. The summed E-state index contributed by atoms with van der Waals surface area (Å²) in [5.41, 5.74) is 2.20. The van der Waals surface area contributed by atoms with E-state index in [2.05, 4.69) is 10.3 Å². The molecule has 122 valence electrons. The van der Waals surface area contributed by atoms with Crippen LogP contribution in [0.1, 0.15) is 20.9 Å². The van der Waals surface area contributed by atoms with Crippen molar-refractivity contribution in [1.29, 1.82) is 0 Å². The molecule has 1 N–H and O–H groups in total. The highest BCUT2D eigenvalue weighted by atomic mass is 32.1. The number of aryl methyl sites for hydroxylation is 1. The minimum atomic E-state index is -0.315. The first-order valence-corrected chi connectivity index (χ1v) is 8.10. The molecule has 0 spiro atoms. The van der Waals surface area contributed by atoms with Gasteiger partial charge in [-0.25, -0.2) is 13.8 Å². The zero-order valence-corrected chi connectivity index (χ0v) is 13.7. The molecule has 0 bridgehead atoms. The Kier molecular flexibility index (Phi) is 4.66. The quantitative estimate of drug-likeness (QED) is 0.765. The van der Waals surface area contributed by atoms with Gasteiger partial charge in [0.2, 0.25) is 0 Å². The molecule has 0 saturated carbocycles. The van der Waals surface area contributed by atoms with E-state index in [1.54, 1.807) is 31.2 Å².